The van der Waals surface area contributed by atoms with Gasteiger partial charge in [-0.1, -0.05) is 51.1 Å². The second-order valence-electron chi connectivity index (χ2n) is 7.04. The first-order chi connectivity index (χ1) is 9.84. The van der Waals surface area contributed by atoms with Gasteiger partial charge in [0.15, 0.2) is 0 Å². The number of nitrogens with one attached hydrogen (secondary N) is 1. The van der Waals surface area contributed by atoms with Crippen LogP contribution < -0.4 is 11.1 Å². The first-order valence-electron chi connectivity index (χ1n) is 7.95. The van der Waals surface area contributed by atoms with Crippen molar-refractivity contribution in [1.29, 1.82) is 0 Å². The fraction of sp³-hybridized carbons (Fsp3) is 0.611. The molecule has 0 spiro atoms. The van der Waals surface area contributed by atoms with Crippen LogP contribution in [-0.2, 0) is 4.79 Å². The van der Waals surface area contributed by atoms with Crippen molar-refractivity contribution in [3.63, 3.8) is 0 Å². The first-order valence-corrected chi connectivity index (χ1v) is 7.95. The van der Waals surface area contributed by atoms with E-state index in [0.717, 1.165) is 18.4 Å². The van der Waals surface area contributed by atoms with Crippen LogP contribution in [0.4, 0.5) is 0 Å². The van der Waals surface area contributed by atoms with Crippen LogP contribution in [-0.4, -0.2) is 11.9 Å². The zero-order chi connectivity index (χ0) is 15.6. The number of hydrogen-bond donors (Lipinski definition) is 2. The summed E-state index contributed by atoms with van der Waals surface area (Å²) in [4.78, 5) is 12.7. The number of carbonyl (C=O) groups is 1. The zero-order valence-electron chi connectivity index (χ0n) is 13.6. The lowest BCUT2D eigenvalue weighted by molar-refractivity contribution is -0.133. The van der Waals surface area contributed by atoms with Crippen LogP contribution in [0.25, 0.3) is 0 Å². The molecule has 0 aliphatic heterocycles. The zero-order valence-corrected chi connectivity index (χ0v) is 13.6. The van der Waals surface area contributed by atoms with E-state index in [1.54, 1.807) is 0 Å². The molecule has 4 atom stereocenters. The molecule has 1 fully saturated rings. The minimum Gasteiger partial charge on any atom is -0.349 e. The maximum absolute atomic E-state index is 12.7. The van der Waals surface area contributed by atoms with Crippen molar-refractivity contribution in [2.45, 2.75) is 52.6 Å². The van der Waals surface area contributed by atoms with Gasteiger partial charge in [0.1, 0.15) is 0 Å². The topological polar surface area (TPSA) is 55.1 Å². The van der Waals surface area contributed by atoms with Crippen molar-refractivity contribution in [3.8, 4) is 0 Å². The predicted octanol–water partition coefficient (Wildman–Crippen LogP) is 3.26. The van der Waals surface area contributed by atoms with Gasteiger partial charge < -0.3 is 11.1 Å². The van der Waals surface area contributed by atoms with Crippen LogP contribution in [0.1, 0.15) is 52.1 Å². The molecule has 3 heteroatoms. The van der Waals surface area contributed by atoms with Crippen molar-refractivity contribution < 1.29 is 4.79 Å². The summed E-state index contributed by atoms with van der Waals surface area (Å²) < 4.78 is 0. The van der Waals surface area contributed by atoms with Crippen molar-refractivity contribution in [2.24, 2.45) is 23.0 Å². The third-order valence-electron chi connectivity index (χ3n) is 5.48. The lowest BCUT2D eigenvalue weighted by atomic mass is 9.61. The van der Waals surface area contributed by atoms with E-state index in [1.165, 1.54) is 0 Å². The Morgan fingerprint density at radius 3 is 2.52 bits per heavy atom. The van der Waals surface area contributed by atoms with E-state index >= 15 is 0 Å². The third kappa shape index (κ3) is 3.29. The molecule has 1 amide bonds. The highest BCUT2D eigenvalue weighted by molar-refractivity contribution is 5.80. The van der Waals surface area contributed by atoms with Crippen molar-refractivity contribution in [2.75, 3.05) is 0 Å². The molecule has 1 aliphatic carbocycles. The fourth-order valence-electron chi connectivity index (χ4n) is 3.46. The van der Waals surface area contributed by atoms with Crippen LogP contribution in [0.5, 0.6) is 0 Å². The molecule has 0 radical (unpaired) electrons. The Kier molecular flexibility index (Phi) is 4.72. The minimum absolute atomic E-state index is 0.0402. The monoisotopic (exact) mass is 288 g/mol. The number of carbonyl (C=O) groups excluding carboxylic acids is 1. The summed E-state index contributed by atoms with van der Waals surface area (Å²) in [5, 5.41) is 3.18. The van der Waals surface area contributed by atoms with Gasteiger partial charge >= 0.3 is 0 Å². The standard InChI is InChI=1S/C18H28N2O/c1-12-16(19)11-10-15(18(12,3)4)17(21)20-13(2)14-8-6-5-7-9-14/h5-9,12-13,15-16H,10-11,19H2,1-4H3,(H,20,21). The number of nitrogens with two attached hydrogens (primary N) is 1. The van der Waals surface area contributed by atoms with Gasteiger partial charge in [-0.05, 0) is 36.7 Å². The summed E-state index contributed by atoms with van der Waals surface area (Å²) in [7, 11) is 0. The van der Waals surface area contributed by atoms with Crippen molar-refractivity contribution >= 4 is 5.91 Å². The molecule has 0 saturated heterocycles. The first kappa shape index (κ1) is 16.0. The second-order valence-corrected chi connectivity index (χ2v) is 7.04. The SMILES string of the molecule is CC(NC(=O)C1CCC(N)C(C)C1(C)C)c1ccccc1. The van der Waals surface area contributed by atoms with E-state index < -0.39 is 0 Å². The summed E-state index contributed by atoms with van der Waals surface area (Å²) in [6, 6.07) is 10.3. The van der Waals surface area contributed by atoms with Gasteiger partial charge in [0.05, 0.1) is 6.04 Å². The minimum atomic E-state index is -0.0574. The average Bonchev–Trinajstić information content (AvgIpc) is 2.45. The van der Waals surface area contributed by atoms with Gasteiger partial charge in [-0.3, -0.25) is 4.79 Å². The van der Waals surface area contributed by atoms with E-state index in [9.17, 15) is 4.79 Å². The lowest BCUT2D eigenvalue weighted by Crippen LogP contribution is -2.51. The Labute approximate surface area is 128 Å². The molecule has 3 N–H and O–H groups in total. The molecular weight excluding hydrogens is 260 g/mol. The molecular formula is C18H28N2O. The lowest BCUT2D eigenvalue weighted by Gasteiger charge is -2.46. The molecule has 0 bridgehead atoms. The third-order valence-corrected chi connectivity index (χ3v) is 5.48. The van der Waals surface area contributed by atoms with Crippen molar-refractivity contribution in [3.05, 3.63) is 35.9 Å². The highest BCUT2D eigenvalue weighted by Gasteiger charge is 2.45. The fourth-order valence-corrected chi connectivity index (χ4v) is 3.46. The Morgan fingerprint density at radius 2 is 1.90 bits per heavy atom. The number of benzene rings is 1. The predicted molar refractivity (Wildman–Crippen MR) is 86.6 cm³/mol. The number of amides is 1. The molecule has 1 aromatic carbocycles. The van der Waals surface area contributed by atoms with Crippen LogP contribution in [0, 0.1) is 17.3 Å². The summed E-state index contributed by atoms with van der Waals surface area (Å²) >= 11 is 0. The summed E-state index contributed by atoms with van der Waals surface area (Å²) in [5.74, 6) is 0.558. The average molecular weight is 288 g/mol. The van der Waals surface area contributed by atoms with Crippen LogP contribution >= 0.6 is 0 Å². The van der Waals surface area contributed by atoms with Crippen LogP contribution in [0.15, 0.2) is 30.3 Å². The highest BCUT2D eigenvalue weighted by atomic mass is 16.2. The Hall–Kier alpha value is -1.35. The van der Waals surface area contributed by atoms with Crippen LogP contribution in [0.3, 0.4) is 0 Å². The maximum Gasteiger partial charge on any atom is 0.224 e. The number of hydrogen-bond acceptors (Lipinski definition) is 2. The second kappa shape index (κ2) is 6.18. The molecule has 3 nitrogen and oxygen atoms in total. The van der Waals surface area contributed by atoms with E-state index in [-0.39, 0.29) is 29.3 Å². The summed E-state index contributed by atoms with van der Waals surface area (Å²) in [6.45, 7) is 8.56. The molecule has 1 aliphatic rings. The highest BCUT2D eigenvalue weighted by Crippen LogP contribution is 2.44. The molecule has 21 heavy (non-hydrogen) atoms. The normalized spacial score (nSPS) is 29.7. The van der Waals surface area contributed by atoms with Crippen molar-refractivity contribution in [1.82, 2.24) is 5.32 Å². The van der Waals surface area contributed by atoms with Gasteiger partial charge in [-0.25, -0.2) is 0 Å². The molecule has 2 rings (SSSR count). The van der Waals surface area contributed by atoms with E-state index in [2.05, 4.69) is 38.2 Å². The van der Waals surface area contributed by atoms with Gasteiger partial charge in [-0.2, -0.15) is 0 Å². The van der Waals surface area contributed by atoms with E-state index in [1.807, 2.05) is 25.1 Å². The van der Waals surface area contributed by atoms with Crippen LogP contribution in [0.2, 0.25) is 0 Å². The molecule has 0 heterocycles. The van der Waals surface area contributed by atoms with Gasteiger partial charge in [0.25, 0.3) is 0 Å². The Balaban J connectivity index is 2.06. The molecule has 4 unspecified atom stereocenters. The summed E-state index contributed by atoms with van der Waals surface area (Å²) in [6.07, 6.45) is 1.81. The largest absolute Gasteiger partial charge is 0.349 e. The Bertz CT molecular complexity index is 483. The molecule has 0 aromatic heterocycles. The van der Waals surface area contributed by atoms with E-state index in [4.69, 9.17) is 5.73 Å². The Morgan fingerprint density at radius 1 is 1.29 bits per heavy atom. The smallest absolute Gasteiger partial charge is 0.224 e. The quantitative estimate of drug-likeness (QED) is 0.897. The number of rotatable bonds is 3. The summed E-state index contributed by atoms with van der Waals surface area (Å²) in [5.41, 5.74) is 7.26. The molecule has 1 saturated carbocycles. The maximum atomic E-state index is 12.7. The van der Waals surface area contributed by atoms with Gasteiger partial charge in [0, 0.05) is 12.0 Å². The van der Waals surface area contributed by atoms with E-state index in [0.29, 0.717) is 5.92 Å². The van der Waals surface area contributed by atoms with Gasteiger partial charge in [0.2, 0.25) is 5.91 Å². The molecule has 116 valence electrons. The van der Waals surface area contributed by atoms with Gasteiger partial charge in [-0.15, -0.1) is 0 Å². The molecule has 1 aromatic rings.